The molecule has 32 heavy (non-hydrogen) atoms. The fourth-order valence-electron chi connectivity index (χ4n) is 5.47. The molecule has 0 aliphatic rings. The van der Waals surface area contributed by atoms with Gasteiger partial charge in [0.15, 0.2) is 0 Å². The molecule has 6 heteroatoms. The molecule has 9 aromatic rings. The van der Waals surface area contributed by atoms with Crippen LogP contribution in [0.2, 0.25) is 0 Å². The number of benzene rings is 4. The standard InChI is InChI=1S/C26H13N5O/c1-4-11-22-14(6-1)15-12-17-21(13-23(15)32-22)30-20-10-5-9-19-24(20)31(26(30)28-17)25-27-16-7-2-3-8-18(16)29(19)25/h1-13H. The monoisotopic (exact) mass is 411 g/mol. The van der Waals surface area contributed by atoms with Gasteiger partial charge < -0.3 is 4.42 Å². The Labute approximate surface area is 178 Å². The molecule has 9 rings (SSSR count). The van der Waals surface area contributed by atoms with Gasteiger partial charge in [0, 0.05) is 16.8 Å². The van der Waals surface area contributed by atoms with Crippen molar-refractivity contribution >= 4 is 72.1 Å². The topological polar surface area (TPSA) is 52.2 Å². The van der Waals surface area contributed by atoms with Crippen molar-refractivity contribution in [2.75, 3.05) is 0 Å². The van der Waals surface area contributed by atoms with Gasteiger partial charge in [-0.05, 0) is 36.4 Å². The number of imidazole rings is 4. The van der Waals surface area contributed by atoms with Gasteiger partial charge in [0.25, 0.3) is 0 Å². The number of furan rings is 1. The van der Waals surface area contributed by atoms with Gasteiger partial charge in [0.2, 0.25) is 11.6 Å². The highest BCUT2D eigenvalue weighted by molar-refractivity contribution is 6.11. The van der Waals surface area contributed by atoms with Gasteiger partial charge in [-0.25, -0.2) is 14.4 Å². The van der Waals surface area contributed by atoms with Gasteiger partial charge in [-0.1, -0.05) is 36.4 Å². The lowest BCUT2D eigenvalue weighted by Gasteiger charge is -1.97. The first-order chi connectivity index (χ1) is 15.9. The molecule has 0 saturated heterocycles. The van der Waals surface area contributed by atoms with Crippen molar-refractivity contribution in [1.82, 2.24) is 23.2 Å². The summed E-state index contributed by atoms with van der Waals surface area (Å²) in [6.45, 7) is 0. The number of hydrogen-bond donors (Lipinski definition) is 0. The van der Waals surface area contributed by atoms with Crippen LogP contribution in [0.3, 0.4) is 0 Å². The average Bonchev–Trinajstić information content (AvgIpc) is 3.58. The molecule has 5 heterocycles. The van der Waals surface area contributed by atoms with E-state index in [-0.39, 0.29) is 0 Å². The fraction of sp³-hybridized carbons (Fsp3) is 0. The molecule has 0 fully saturated rings. The van der Waals surface area contributed by atoms with E-state index in [1.807, 2.05) is 24.3 Å². The number of para-hydroxylation sites is 4. The van der Waals surface area contributed by atoms with Gasteiger partial charge in [0.1, 0.15) is 16.7 Å². The summed E-state index contributed by atoms with van der Waals surface area (Å²) in [6.07, 6.45) is 0. The zero-order valence-electron chi connectivity index (χ0n) is 16.6. The summed E-state index contributed by atoms with van der Waals surface area (Å²) in [6, 6.07) is 27.1. The molecule has 0 radical (unpaired) electrons. The summed E-state index contributed by atoms with van der Waals surface area (Å²) in [5.41, 5.74) is 9.24. The molecule has 6 nitrogen and oxygen atoms in total. The normalized spacial score (nSPS) is 13.0. The molecule has 0 spiro atoms. The van der Waals surface area contributed by atoms with E-state index in [4.69, 9.17) is 14.4 Å². The van der Waals surface area contributed by atoms with Crippen LogP contribution in [0.1, 0.15) is 0 Å². The van der Waals surface area contributed by atoms with Crippen LogP contribution in [-0.2, 0) is 0 Å². The van der Waals surface area contributed by atoms with Gasteiger partial charge in [-0.15, -0.1) is 0 Å². The van der Waals surface area contributed by atoms with Crippen LogP contribution in [0.5, 0.6) is 0 Å². The van der Waals surface area contributed by atoms with E-state index in [1.54, 1.807) is 0 Å². The fourth-order valence-corrected chi connectivity index (χ4v) is 5.47. The Balaban J connectivity index is 1.55. The smallest absolute Gasteiger partial charge is 0.223 e. The molecular weight excluding hydrogens is 398 g/mol. The van der Waals surface area contributed by atoms with E-state index in [1.165, 1.54) is 0 Å². The Morgan fingerprint density at radius 2 is 1.25 bits per heavy atom. The van der Waals surface area contributed by atoms with Gasteiger partial charge in [-0.3, -0.25) is 8.80 Å². The highest BCUT2D eigenvalue weighted by Gasteiger charge is 2.23. The van der Waals surface area contributed by atoms with Crippen LogP contribution in [0.4, 0.5) is 0 Å². The van der Waals surface area contributed by atoms with E-state index in [2.05, 4.69) is 67.8 Å². The molecule has 0 aliphatic carbocycles. The van der Waals surface area contributed by atoms with Crippen molar-refractivity contribution < 1.29 is 4.42 Å². The summed E-state index contributed by atoms with van der Waals surface area (Å²) in [5, 5.41) is 2.20. The third-order valence-corrected chi connectivity index (χ3v) is 6.78. The van der Waals surface area contributed by atoms with E-state index >= 15 is 0 Å². The van der Waals surface area contributed by atoms with Crippen LogP contribution < -0.4 is 0 Å². The molecule has 0 unspecified atom stereocenters. The van der Waals surface area contributed by atoms with Crippen LogP contribution in [-0.4, -0.2) is 23.2 Å². The summed E-state index contributed by atoms with van der Waals surface area (Å²) < 4.78 is 12.8. The summed E-state index contributed by atoms with van der Waals surface area (Å²) in [4.78, 5) is 10.1. The molecule has 0 aliphatic heterocycles. The first-order valence-electron chi connectivity index (χ1n) is 10.6. The van der Waals surface area contributed by atoms with Gasteiger partial charge in [0.05, 0.1) is 33.1 Å². The number of nitrogens with zero attached hydrogens (tertiary/aromatic N) is 5. The lowest BCUT2D eigenvalue weighted by atomic mass is 10.1. The second-order valence-corrected chi connectivity index (χ2v) is 8.40. The number of fused-ring (bicyclic) bond motifs is 13. The van der Waals surface area contributed by atoms with Crippen LogP contribution in [0, 0.1) is 0 Å². The highest BCUT2D eigenvalue weighted by Crippen LogP contribution is 2.37. The van der Waals surface area contributed by atoms with E-state index in [0.717, 1.165) is 72.1 Å². The van der Waals surface area contributed by atoms with Crippen molar-refractivity contribution in [2.24, 2.45) is 0 Å². The zero-order chi connectivity index (χ0) is 20.6. The maximum Gasteiger partial charge on any atom is 0.223 e. The minimum atomic E-state index is 0.869. The number of aromatic nitrogens is 5. The van der Waals surface area contributed by atoms with Crippen molar-refractivity contribution in [1.29, 1.82) is 0 Å². The maximum atomic E-state index is 6.17. The van der Waals surface area contributed by atoms with Gasteiger partial charge in [-0.2, -0.15) is 0 Å². The Morgan fingerprint density at radius 3 is 2.16 bits per heavy atom. The zero-order valence-corrected chi connectivity index (χ0v) is 16.6. The largest absolute Gasteiger partial charge is 0.456 e. The lowest BCUT2D eigenvalue weighted by Crippen LogP contribution is -1.87. The van der Waals surface area contributed by atoms with Gasteiger partial charge >= 0.3 is 0 Å². The predicted octanol–water partition coefficient (Wildman–Crippen LogP) is 6.03. The average molecular weight is 411 g/mol. The lowest BCUT2D eigenvalue weighted by molar-refractivity contribution is 0.669. The van der Waals surface area contributed by atoms with Crippen LogP contribution in [0.25, 0.3) is 72.1 Å². The Morgan fingerprint density at radius 1 is 0.531 bits per heavy atom. The first kappa shape index (κ1) is 15.3. The molecule has 0 N–H and O–H groups in total. The molecule has 0 amide bonds. The molecule has 0 saturated carbocycles. The molecular formula is C26H13N5O. The SMILES string of the molecule is c1ccc2c(c1)nc1n2c2cccc3c2n1c1nc2cc4c(cc2n31)oc1ccccc14. The third-order valence-electron chi connectivity index (χ3n) is 6.78. The molecule has 0 atom stereocenters. The van der Waals surface area contributed by atoms with E-state index in [0.29, 0.717) is 0 Å². The van der Waals surface area contributed by atoms with E-state index < -0.39 is 0 Å². The molecule has 148 valence electrons. The molecule has 0 bridgehead atoms. The third kappa shape index (κ3) is 1.53. The Hall–Kier alpha value is -4.58. The van der Waals surface area contributed by atoms with Crippen LogP contribution in [0.15, 0.2) is 83.3 Å². The first-order valence-corrected chi connectivity index (χ1v) is 10.6. The summed E-state index contributed by atoms with van der Waals surface area (Å²) in [7, 11) is 0. The van der Waals surface area contributed by atoms with Crippen LogP contribution >= 0.6 is 0 Å². The van der Waals surface area contributed by atoms with Crippen molar-refractivity contribution in [3.8, 4) is 0 Å². The van der Waals surface area contributed by atoms with Crippen molar-refractivity contribution in [3.05, 3.63) is 78.9 Å². The summed E-state index contributed by atoms with van der Waals surface area (Å²) in [5.74, 6) is 1.75. The highest BCUT2D eigenvalue weighted by atomic mass is 16.3. The number of rotatable bonds is 0. The minimum absolute atomic E-state index is 0.869. The number of hydrogen-bond acceptors (Lipinski definition) is 3. The molecule has 5 aromatic heterocycles. The maximum absolute atomic E-state index is 6.17. The Kier molecular flexibility index (Phi) is 2.31. The predicted molar refractivity (Wildman–Crippen MR) is 126 cm³/mol. The minimum Gasteiger partial charge on any atom is -0.456 e. The van der Waals surface area contributed by atoms with Crippen molar-refractivity contribution in [3.63, 3.8) is 0 Å². The molecule has 4 aromatic carbocycles. The van der Waals surface area contributed by atoms with E-state index in [9.17, 15) is 0 Å². The second-order valence-electron chi connectivity index (χ2n) is 8.40. The Bertz CT molecular complexity index is 2200. The summed E-state index contributed by atoms with van der Waals surface area (Å²) >= 11 is 0. The second kappa shape index (κ2) is 4.84. The quantitative estimate of drug-likeness (QED) is 0.306. The van der Waals surface area contributed by atoms with Crippen molar-refractivity contribution in [2.45, 2.75) is 0 Å².